The minimum Gasteiger partial charge on any atom is -0.456 e. The van der Waals surface area contributed by atoms with Crippen molar-refractivity contribution in [2.45, 2.75) is 13.3 Å². The van der Waals surface area contributed by atoms with Crippen LogP contribution in [0.3, 0.4) is 0 Å². The zero-order valence-corrected chi connectivity index (χ0v) is 11.8. The molecule has 0 radical (unpaired) electrons. The van der Waals surface area contributed by atoms with Gasteiger partial charge in [0.05, 0.1) is 5.56 Å². The Bertz CT molecular complexity index is 647. The summed E-state index contributed by atoms with van der Waals surface area (Å²) in [6.07, 6.45) is 0.821. The van der Waals surface area contributed by atoms with Crippen LogP contribution in [0, 0.1) is 11.3 Å². The molecule has 2 rings (SSSR count). The highest BCUT2D eigenvalue weighted by Crippen LogP contribution is 2.30. The largest absolute Gasteiger partial charge is 0.456 e. The van der Waals surface area contributed by atoms with Crippen LogP contribution in [0.1, 0.15) is 18.1 Å². The molecule has 0 heterocycles. The Balaban J connectivity index is 2.34. The number of nitrogens with zero attached hydrogens (tertiary/aromatic N) is 1. The van der Waals surface area contributed by atoms with Crippen LogP contribution in [0.25, 0.3) is 0 Å². The lowest BCUT2D eigenvalue weighted by atomic mass is 10.1. The van der Waals surface area contributed by atoms with E-state index in [0.29, 0.717) is 27.1 Å². The van der Waals surface area contributed by atoms with Gasteiger partial charge in [-0.05, 0) is 48.4 Å². The van der Waals surface area contributed by atoms with Crippen molar-refractivity contribution in [3.8, 4) is 17.6 Å². The summed E-state index contributed by atoms with van der Waals surface area (Å²) in [6.45, 7) is 2.02. The molecule has 0 unspecified atom stereocenters. The molecule has 4 heteroatoms. The minimum atomic E-state index is 0.403. The number of hydrogen-bond acceptors (Lipinski definition) is 2. The number of nitriles is 1. The molecule has 2 aromatic rings. The quantitative estimate of drug-likeness (QED) is 0.777. The van der Waals surface area contributed by atoms with Crippen LogP contribution in [-0.2, 0) is 6.42 Å². The van der Waals surface area contributed by atoms with Crippen molar-refractivity contribution >= 4 is 23.2 Å². The molecule has 0 bridgehead atoms. The lowest BCUT2D eigenvalue weighted by molar-refractivity contribution is 0.480. The van der Waals surface area contributed by atoms with E-state index in [1.807, 2.05) is 13.0 Å². The van der Waals surface area contributed by atoms with Crippen LogP contribution in [0.2, 0.25) is 10.0 Å². The number of halogens is 2. The van der Waals surface area contributed by atoms with Crippen LogP contribution in [0.5, 0.6) is 11.5 Å². The first-order valence-electron chi connectivity index (χ1n) is 5.80. The Morgan fingerprint density at radius 3 is 2.63 bits per heavy atom. The molecule has 0 aliphatic heterocycles. The van der Waals surface area contributed by atoms with Crippen LogP contribution < -0.4 is 4.74 Å². The molecule has 0 atom stereocenters. The van der Waals surface area contributed by atoms with Crippen molar-refractivity contribution in [2.24, 2.45) is 0 Å². The van der Waals surface area contributed by atoms with Crippen LogP contribution in [0.15, 0.2) is 36.4 Å². The topological polar surface area (TPSA) is 33.0 Å². The summed E-state index contributed by atoms with van der Waals surface area (Å²) in [7, 11) is 0. The molecule has 2 aromatic carbocycles. The van der Waals surface area contributed by atoms with Crippen molar-refractivity contribution < 1.29 is 4.74 Å². The maximum atomic E-state index is 9.06. The van der Waals surface area contributed by atoms with Gasteiger partial charge >= 0.3 is 0 Å². The van der Waals surface area contributed by atoms with Crippen molar-refractivity contribution in [1.82, 2.24) is 0 Å². The van der Waals surface area contributed by atoms with E-state index in [1.54, 1.807) is 30.3 Å². The van der Waals surface area contributed by atoms with Gasteiger partial charge in [-0.3, -0.25) is 0 Å². The number of hydrogen-bond donors (Lipinski definition) is 0. The minimum absolute atomic E-state index is 0.403. The summed E-state index contributed by atoms with van der Waals surface area (Å²) >= 11 is 11.9. The second kappa shape index (κ2) is 5.97. The van der Waals surface area contributed by atoms with Gasteiger partial charge in [-0.2, -0.15) is 5.26 Å². The van der Waals surface area contributed by atoms with Gasteiger partial charge in [0.2, 0.25) is 0 Å². The first-order valence-corrected chi connectivity index (χ1v) is 6.55. The molecule has 0 N–H and O–H groups in total. The van der Waals surface area contributed by atoms with Crippen molar-refractivity contribution in [3.05, 3.63) is 57.6 Å². The van der Waals surface area contributed by atoms with Crippen LogP contribution >= 0.6 is 23.2 Å². The van der Waals surface area contributed by atoms with Crippen LogP contribution in [0.4, 0.5) is 0 Å². The van der Waals surface area contributed by atoms with E-state index in [2.05, 4.69) is 6.07 Å². The molecule has 2 nitrogen and oxygen atoms in total. The Labute approximate surface area is 122 Å². The second-order valence-electron chi connectivity index (χ2n) is 3.96. The highest BCUT2D eigenvalue weighted by Gasteiger charge is 2.07. The Hall–Kier alpha value is -1.69. The molecule has 96 valence electrons. The van der Waals surface area contributed by atoms with Gasteiger partial charge in [0.1, 0.15) is 17.6 Å². The van der Waals surface area contributed by atoms with E-state index in [9.17, 15) is 0 Å². The van der Waals surface area contributed by atoms with E-state index >= 15 is 0 Å². The summed E-state index contributed by atoms with van der Waals surface area (Å²) in [5.41, 5.74) is 1.41. The van der Waals surface area contributed by atoms with Crippen molar-refractivity contribution in [2.75, 3.05) is 0 Å². The summed E-state index contributed by atoms with van der Waals surface area (Å²) in [4.78, 5) is 0. The van der Waals surface area contributed by atoms with Crippen molar-refractivity contribution in [1.29, 1.82) is 5.26 Å². The van der Waals surface area contributed by atoms with Gasteiger partial charge in [-0.25, -0.2) is 0 Å². The lowest BCUT2D eigenvalue weighted by Gasteiger charge is -2.09. The lowest BCUT2D eigenvalue weighted by Crippen LogP contribution is -1.90. The third kappa shape index (κ3) is 3.20. The summed E-state index contributed by atoms with van der Waals surface area (Å²) in [5.74, 6) is 1.14. The third-order valence-corrected chi connectivity index (χ3v) is 3.29. The predicted octanol–water partition coefficient (Wildman–Crippen LogP) is 5.22. The fraction of sp³-hybridized carbons (Fsp3) is 0.133. The number of aryl methyl sites for hydroxylation is 1. The average Bonchev–Trinajstić information content (AvgIpc) is 2.42. The van der Waals surface area contributed by atoms with E-state index < -0.39 is 0 Å². The third-order valence-electron chi connectivity index (χ3n) is 2.69. The standard InChI is InChI=1S/C15H11Cl2NO/c1-2-10-8-13(4-5-14(10)17)19-15-6-3-12(16)7-11(15)9-18/h3-8H,2H2,1H3. The zero-order chi connectivity index (χ0) is 13.8. The fourth-order valence-electron chi connectivity index (χ4n) is 1.69. The molecule has 0 spiro atoms. The highest BCUT2D eigenvalue weighted by molar-refractivity contribution is 6.31. The molecule has 0 aliphatic carbocycles. The second-order valence-corrected chi connectivity index (χ2v) is 4.80. The fourth-order valence-corrected chi connectivity index (χ4v) is 2.11. The number of ether oxygens (including phenoxy) is 1. The van der Waals surface area contributed by atoms with Gasteiger partial charge in [0.15, 0.2) is 0 Å². The maximum absolute atomic E-state index is 9.06. The molecule has 0 aliphatic rings. The van der Waals surface area contributed by atoms with Gasteiger partial charge in [-0.1, -0.05) is 30.1 Å². The highest BCUT2D eigenvalue weighted by atomic mass is 35.5. The predicted molar refractivity (Wildman–Crippen MR) is 77.1 cm³/mol. The van der Waals surface area contributed by atoms with E-state index in [0.717, 1.165) is 12.0 Å². The van der Waals surface area contributed by atoms with E-state index in [-0.39, 0.29) is 0 Å². The Morgan fingerprint density at radius 2 is 1.95 bits per heavy atom. The molecule has 0 amide bonds. The van der Waals surface area contributed by atoms with Gasteiger partial charge < -0.3 is 4.74 Å². The van der Waals surface area contributed by atoms with Gasteiger partial charge in [-0.15, -0.1) is 0 Å². The summed E-state index contributed by atoms with van der Waals surface area (Å²) < 4.78 is 5.71. The Morgan fingerprint density at radius 1 is 1.16 bits per heavy atom. The normalized spacial score (nSPS) is 10.0. The van der Waals surface area contributed by atoms with Crippen LogP contribution in [-0.4, -0.2) is 0 Å². The molecule has 19 heavy (non-hydrogen) atoms. The average molecular weight is 292 g/mol. The molecular formula is C15H11Cl2NO. The number of rotatable bonds is 3. The monoisotopic (exact) mass is 291 g/mol. The SMILES string of the molecule is CCc1cc(Oc2ccc(Cl)cc2C#N)ccc1Cl. The number of benzene rings is 2. The van der Waals surface area contributed by atoms with Gasteiger partial charge in [0.25, 0.3) is 0 Å². The summed E-state index contributed by atoms with van der Waals surface area (Å²) in [6, 6.07) is 12.4. The van der Waals surface area contributed by atoms with E-state index in [4.69, 9.17) is 33.2 Å². The Kier molecular flexibility index (Phi) is 4.31. The zero-order valence-electron chi connectivity index (χ0n) is 10.3. The first kappa shape index (κ1) is 13.7. The van der Waals surface area contributed by atoms with Crippen molar-refractivity contribution in [3.63, 3.8) is 0 Å². The van der Waals surface area contributed by atoms with E-state index in [1.165, 1.54) is 0 Å². The van der Waals surface area contributed by atoms with Gasteiger partial charge in [0, 0.05) is 10.0 Å². The first-order chi connectivity index (χ1) is 9.13. The molecule has 0 saturated heterocycles. The maximum Gasteiger partial charge on any atom is 0.145 e. The molecule has 0 saturated carbocycles. The smallest absolute Gasteiger partial charge is 0.145 e. The molecular weight excluding hydrogens is 281 g/mol. The summed E-state index contributed by atoms with van der Waals surface area (Å²) in [5, 5.41) is 10.3. The molecule has 0 fully saturated rings. The molecule has 0 aromatic heterocycles.